The van der Waals surface area contributed by atoms with Gasteiger partial charge in [0, 0.05) is 22.7 Å². The molecule has 4 heteroatoms. The number of pyridine rings is 1. The Morgan fingerprint density at radius 1 is 1.25 bits per heavy atom. The van der Waals surface area contributed by atoms with Crippen molar-refractivity contribution < 1.29 is 4.39 Å². The molecular weight excluding hydrogens is 292 g/mol. The molecule has 0 aliphatic heterocycles. The monoisotopic (exact) mass is 299 g/mol. The summed E-state index contributed by atoms with van der Waals surface area (Å²) in [5.74, 6) is -0.292. The Morgan fingerprint density at radius 2 is 2.00 bits per heavy atom. The first-order valence-electron chi connectivity index (χ1n) is 4.68. The van der Waals surface area contributed by atoms with E-state index in [1.807, 2.05) is 6.07 Å². The van der Waals surface area contributed by atoms with Gasteiger partial charge in [-0.25, -0.2) is 9.37 Å². The molecule has 0 aliphatic rings. The van der Waals surface area contributed by atoms with Crippen molar-refractivity contribution in [3.63, 3.8) is 0 Å². The highest BCUT2D eigenvalue weighted by molar-refractivity contribution is 9.08. The first-order valence-corrected chi connectivity index (χ1v) is 6.18. The van der Waals surface area contributed by atoms with Crippen LogP contribution in [0.15, 0.2) is 36.5 Å². The lowest BCUT2D eigenvalue weighted by Crippen LogP contribution is -1.92. The molecule has 16 heavy (non-hydrogen) atoms. The van der Waals surface area contributed by atoms with Crippen molar-refractivity contribution in [3.8, 4) is 11.1 Å². The fraction of sp³-hybridized carbons (Fsp3) is 0.0833. The lowest BCUT2D eigenvalue weighted by molar-refractivity contribution is 0.631. The molecule has 1 aromatic carbocycles. The molecule has 82 valence electrons. The van der Waals surface area contributed by atoms with E-state index in [4.69, 9.17) is 11.6 Å². The Bertz CT molecular complexity index is 516. The second-order valence-corrected chi connectivity index (χ2v) is 4.17. The summed E-state index contributed by atoms with van der Waals surface area (Å²) in [6.07, 6.45) is 1.61. The molecule has 0 amide bonds. The molecule has 0 aliphatic carbocycles. The maximum absolute atomic E-state index is 13.7. The van der Waals surface area contributed by atoms with E-state index >= 15 is 0 Å². The van der Waals surface area contributed by atoms with E-state index in [1.165, 1.54) is 6.07 Å². The highest BCUT2D eigenvalue weighted by Crippen LogP contribution is 2.32. The standard InChI is InChI=1S/C12H8BrClFN/c13-7-8-5-6-16-12(14)11(8)9-3-1-2-4-10(9)15/h1-6H,7H2. The minimum atomic E-state index is -0.292. The van der Waals surface area contributed by atoms with Gasteiger partial charge in [0.25, 0.3) is 0 Å². The molecule has 0 N–H and O–H groups in total. The fourth-order valence-electron chi connectivity index (χ4n) is 1.53. The third-order valence-electron chi connectivity index (χ3n) is 2.28. The molecule has 0 bridgehead atoms. The molecule has 1 heterocycles. The van der Waals surface area contributed by atoms with Crippen molar-refractivity contribution in [2.75, 3.05) is 0 Å². The van der Waals surface area contributed by atoms with Crippen LogP contribution in [0.3, 0.4) is 0 Å². The smallest absolute Gasteiger partial charge is 0.137 e. The van der Waals surface area contributed by atoms with Gasteiger partial charge in [0.05, 0.1) is 0 Å². The minimum Gasteiger partial charge on any atom is -0.244 e. The van der Waals surface area contributed by atoms with Gasteiger partial charge in [-0.2, -0.15) is 0 Å². The van der Waals surface area contributed by atoms with Crippen molar-refractivity contribution in [3.05, 3.63) is 53.1 Å². The molecule has 1 nitrogen and oxygen atoms in total. The van der Waals surface area contributed by atoms with E-state index in [1.54, 1.807) is 24.4 Å². The van der Waals surface area contributed by atoms with Crippen LogP contribution in [0.1, 0.15) is 5.56 Å². The van der Waals surface area contributed by atoms with Gasteiger partial charge in [-0.3, -0.25) is 0 Å². The summed E-state index contributed by atoms with van der Waals surface area (Å²) in [4.78, 5) is 3.98. The predicted molar refractivity (Wildman–Crippen MR) is 67.3 cm³/mol. The molecule has 0 saturated heterocycles. The SMILES string of the molecule is Fc1ccccc1-c1c(CBr)ccnc1Cl. The van der Waals surface area contributed by atoms with E-state index in [9.17, 15) is 4.39 Å². The molecule has 2 rings (SSSR count). The van der Waals surface area contributed by atoms with Gasteiger partial charge in [-0.1, -0.05) is 45.7 Å². The van der Waals surface area contributed by atoms with Crippen LogP contribution in [0, 0.1) is 5.82 Å². The summed E-state index contributed by atoms with van der Waals surface area (Å²) in [6, 6.07) is 8.36. The van der Waals surface area contributed by atoms with Crippen LogP contribution in [-0.4, -0.2) is 4.98 Å². The second kappa shape index (κ2) is 4.93. The number of rotatable bonds is 2. The van der Waals surface area contributed by atoms with Gasteiger partial charge >= 0.3 is 0 Å². The van der Waals surface area contributed by atoms with Crippen LogP contribution in [0.4, 0.5) is 4.39 Å². The van der Waals surface area contributed by atoms with Gasteiger partial charge in [-0.05, 0) is 17.7 Å². The normalized spacial score (nSPS) is 10.4. The lowest BCUT2D eigenvalue weighted by atomic mass is 10.0. The number of benzene rings is 1. The molecule has 0 unspecified atom stereocenters. The van der Waals surface area contributed by atoms with Crippen LogP contribution in [0.2, 0.25) is 5.15 Å². The summed E-state index contributed by atoms with van der Waals surface area (Å²) < 4.78 is 13.7. The summed E-state index contributed by atoms with van der Waals surface area (Å²) in [7, 11) is 0. The van der Waals surface area contributed by atoms with Crippen molar-refractivity contribution in [2.24, 2.45) is 0 Å². The third kappa shape index (κ3) is 2.11. The average Bonchev–Trinajstić information content (AvgIpc) is 2.30. The number of hydrogen-bond donors (Lipinski definition) is 0. The van der Waals surface area contributed by atoms with E-state index in [-0.39, 0.29) is 5.82 Å². The molecule has 0 saturated carbocycles. The number of nitrogens with zero attached hydrogens (tertiary/aromatic N) is 1. The Labute approximate surface area is 106 Å². The Kier molecular flexibility index (Phi) is 3.56. The van der Waals surface area contributed by atoms with Gasteiger partial charge in [0.2, 0.25) is 0 Å². The van der Waals surface area contributed by atoms with Crippen LogP contribution < -0.4 is 0 Å². The zero-order chi connectivity index (χ0) is 11.5. The molecule has 0 radical (unpaired) electrons. The van der Waals surface area contributed by atoms with E-state index in [0.29, 0.717) is 21.6 Å². The molecule has 0 atom stereocenters. The molecule has 0 fully saturated rings. The number of hydrogen-bond acceptors (Lipinski definition) is 1. The Balaban J connectivity index is 2.68. The number of alkyl halides is 1. The maximum atomic E-state index is 13.7. The van der Waals surface area contributed by atoms with Gasteiger partial charge < -0.3 is 0 Å². The van der Waals surface area contributed by atoms with Crippen molar-refractivity contribution in [1.29, 1.82) is 0 Å². The predicted octanol–water partition coefficient (Wildman–Crippen LogP) is 4.44. The van der Waals surface area contributed by atoms with Crippen LogP contribution in [0.25, 0.3) is 11.1 Å². The molecule has 1 aromatic heterocycles. The highest BCUT2D eigenvalue weighted by Gasteiger charge is 2.13. The first-order chi connectivity index (χ1) is 7.74. The van der Waals surface area contributed by atoms with E-state index in [2.05, 4.69) is 20.9 Å². The van der Waals surface area contributed by atoms with Crippen molar-refractivity contribution >= 4 is 27.5 Å². The molecule has 0 spiro atoms. The third-order valence-corrected chi connectivity index (χ3v) is 3.17. The van der Waals surface area contributed by atoms with Crippen LogP contribution in [0.5, 0.6) is 0 Å². The molecule has 2 aromatic rings. The van der Waals surface area contributed by atoms with Gasteiger partial charge in [0.1, 0.15) is 11.0 Å². The van der Waals surface area contributed by atoms with Crippen molar-refractivity contribution in [2.45, 2.75) is 5.33 Å². The van der Waals surface area contributed by atoms with Crippen LogP contribution >= 0.6 is 27.5 Å². The first kappa shape index (κ1) is 11.6. The van der Waals surface area contributed by atoms with E-state index in [0.717, 1.165) is 5.56 Å². The zero-order valence-electron chi connectivity index (χ0n) is 8.25. The fourth-order valence-corrected chi connectivity index (χ4v) is 2.28. The number of aromatic nitrogens is 1. The van der Waals surface area contributed by atoms with Gasteiger partial charge in [0.15, 0.2) is 0 Å². The lowest BCUT2D eigenvalue weighted by Gasteiger charge is -2.09. The molecular formula is C12H8BrClFN. The highest BCUT2D eigenvalue weighted by atomic mass is 79.9. The minimum absolute atomic E-state index is 0.292. The summed E-state index contributed by atoms with van der Waals surface area (Å²) in [5, 5.41) is 0.931. The average molecular weight is 301 g/mol. The largest absolute Gasteiger partial charge is 0.244 e. The van der Waals surface area contributed by atoms with E-state index < -0.39 is 0 Å². The maximum Gasteiger partial charge on any atom is 0.137 e. The zero-order valence-corrected chi connectivity index (χ0v) is 10.6. The summed E-state index contributed by atoms with van der Waals surface area (Å²) in [5.41, 5.74) is 2.05. The number of halogens is 3. The Morgan fingerprint density at radius 3 is 2.69 bits per heavy atom. The van der Waals surface area contributed by atoms with Gasteiger partial charge in [-0.15, -0.1) is 0 Å². The summed E-state index contributed by atoms with van der Waals surface area (Å²) in [6.45, 7) is 0. The summed E-state index contributed by atoms with van der Waals surface area (Å²) >= 11 is 9.37. The second-order valence-electron chi connectivity index (χ2n) is 3.25. The quantitative estimate of drug-likeness (QED) is 0.590. The Hall–Kier alpha value is -0.930. The van der Waals surface area contributed by atoms with Crippen LogP contribution in [-0.2, 0) is 5.33 Å². The topological polar surface area (TPSA) is 12.9 Å². The van der Waals surface area contributed by atoms with Crippen molar-refractivity contribution in [1.82, 2.24) is 4.98 Å².